The van der Waals surface area contributed by atoms with Crippen LogP contribution in [0.3, 0.4) is 0 Å². The van der Waals surface area contributed by atoms with Gasteiger partial charge in [0.1, 0.15) is 5.92 Å². The van der Waals surface area contributed by atoms with Crippen LogP contribution in [0.2, 0.25) is 0 Å². The molecule has 1 aliphatic heterocycles. The summed E-state index contributed by atoms with van der Waals surface area (Å²) in [4.78, 5) is 25.0. The molecule has 1 atom stereocenters. The minimum absolute atomic E-state index is 0.294. The summed E-state index contributed by atoms with van der Waals surface area (Å²) < 4.78 is 0. The molecule has 0 saturated heterocycles. The van der Waals surface area contributed by atoms with Gasteiger partial charge in [0.2, 0.25) is 5.91 Å². The van der Waals surface area contributed by atoms with E-state index >= 15 is 0 Å². The van der Waals surface area contributed by atoms with Gasteiger partial charge in [-0.1, -0.05) is 25.1 Å². The van der Waals surface area contributed by atoms with Crippen LogP contribution < -0.4 is 4.90 Å². The average molecular weight is 247 g/mol. The Labute approximate surface area is 106 Å². The fourth-order valence-corrected chi connectivity index (χ4v) is 2.41. The van der Waals surface area contributed by atoms with Gasteiger partial charge in [-0.3, -0.25) is 9.59 Å². The standard InChI is InChI=1S/C14H17NO3/c1-2-11(14(17)18)13(16)15-9-5-7-10-6-3-4-8-12(10)15/h3-4,6,8,11H,2,5,7,9H2,1H3,(H,17,18). The first-order valence-corrected chi connectivity index (χ1v) is 6.27. The number of benzene rings is 1. The minimum atomic E-state index is -1.04. The molecule has 0 fully saturated rings. The lowest BCUT2D eigenvalue weighted by Crippen LogP contribution is -2.42. The normalized spacial score (nSPS) is 15.9. The van der Waals surface area contributed by atoms with Crippen LogP contribution in [-0.2, 0) is 16.0 Å². The zero-order valence-electron chi connectivity index (χ0n) is 10.4. The molecule has 1 aromatic rings. The number of carbonyl (C=O) groups is 2. The Balaban J connectivity index is 2.30. The molecule has 1 unspecified atom stereocenters. The van der Waals surface area contributed by atoms with Crippen molar-refractivity contribution in [2.24, 2.45) is 5.92 Å². The molecule has 0 radical (unpaired) electrons. The van der Waals surface area contributed by atoms with Gasteiger partial charge in [-0.2, -0.15) is 0 Å². The number of carbonyl (C=O) groups excluding carboxylic acids is 1. The zero-order valence-corrected chi connectivity index (χ0v) is 10.4. The third-order valence-electron chi connectivity index (χ3n) is 3.38. The Hall–Kier alpha value is -1.84. The summed E-state index contributed by atoms with van der Waals surface area (Å²) in [7, 11) is 0. The van der Waals surface area contributed by atoms with Gasteiger partial charge in [-0.25, -0.2) is 0 Å². The Morgan fingerprint density at radius 1 is 1.39 bits per heavy atom. The van der Waals surface area contributed by atoms with Crippen molar-refractivity contribution in [3.63, 3.8) is 0 Å². The summed E-state index contributed by atoms with van der Waals surface area (Å²) in [5, 5.41) is 9.07. The maximum absolute atomic E-state index is 12.3. The number of nitrogens with zero attached hydrogens (tertiary/aromatic N) is 1. The third kappa shape index (κ3) is 2.23. The van der Waals surface area contributed by atoms with Crippen molar-refractivity contribution in [3.8, 4) is 0 Å². The highest BCUT2D eigenvalue weighted by Crippen LogP contribution is 2.28. The van der Waals surface area contributed by atoms with E-state index in [0.717, 1.165) is 24.1 Å². The molecule has 96 valence electrons. The molecule has 4 heteroatoms. The number of carboxylic acids is 1. The number of rotatable bonds is 3. The van der Waals surface area contributed by atoms with Crippen LogP contribution in [0.15, 0.2) is 24.3 Å². The van der Waals surface area contributed by atoms with E-state index in [1.54, 1.807) is 11.8 Å². The molecule has 0 spiro atoms. The number of aryl methyl sites for hydroxylation is 1. The van der Waals surface area contributed by atoms with Crippen molar-refractivity contribution in [1.82, 2.24) is 0 Å². The SMILES string of the molecule is CCC(C(=O)O)C(=O)N1CCCc2ccccc21. The van der Waals surface area contributed by atoms with Crippen molar-refractivity contribution in [3.05, 3.63) is 29.8 Å². The van der Waals surface area contributed by atoms with E-state index < -0.39 is 11.9 Å². The van der Waals surface area contributed by atoms with Crippen LogP contribution >= 0.6 is 0 Å². The van der Waals surface area contributed by atoms with Gasteiger partial charge < -0.3 is 10.0 Å². The number of fused-ring (bicyclic) bond motifs is 1. The first-order chi connectivity index (χ1) is 8.65. The van der Waals surface area contributed by atoms with E-state index in [-0.39, 0.29) is 5.91 Å². The summed E-state index contributed by atoms with van der Waals surface area (Å²) in [5.74, 6) is -2.26. The molecule has 1 amide bonds. The molecule has 18 heavy (non-hydrogen) atoms. The molecule has 1 aromatic carbocycles. The Morgan fingerprint density at radius 3 is 2.78 bits per heavy atom. The second-order valence-electron chi connectivity index (χ2n) is 4.52. The van der Waals surface area contributed by atoms with E-state index in [9.17, 15) is 9.59 Å². The molecule has 4 nitrogen and oxygen atoms in total. The summed E-state index contributed by atoms with van der Waals surface area (Å²) in [6, 6.07) is 7.71. The fraction of sp³-hybridized carbons (Fsp3) is 0.429. The second-order valence-corrected chi connectivity index (χ2v) is 4.52. The number of hydrogen-bond acceptors (Lipinski definition) is 2. The van der Waals surface area contributed by atoms with Gasteiger partial charge in [0.25, 0.3) is 0 Å². The number of aliphatic carboxylic acids is 1. The fourth-order valence-electron chi connectivity index (χ4n) is 2.41. The molecule has 0 aliphatic carbocycles. The molecule has 1 heterocycles. The van der Waals surface area contributed by atoms with Crippen LogP contribution in [0.1, 0.15) is 25.3 Å². The highest BCUT2D eigenvalue weighted by Gasteiger charge is 2.31. The van der Waals surface area contributed by atoms with E-state index in [0.29, 0.717) is 13.0 Å². The summed E-state index contributed by atoms with van der Waals surface area (Å²) in [6.45, 7) is 2.34. The molecular weight excluding hydrogens is 230 g/mol. The smallest absolute Gasteiger partial charge is 0.316 e. The van der Waals surface area contributed by atoms with Gasteiger partial charge in [-0.15, -0.1) is 0 Å². The van der Waals surface area contributed by atoms with Gasteiger partial charge >= 0.3 is 5.97 Å². The number of hydrogen-bond donors (Lipinski definition) is 1. The summed E-state index contributed by atoms with van der Waals surface area (Å²) in [5.41, 5.74) is 1.99. The van der Waals surface area contributed by atoms with Gasteiger partial charge in [0.05, 0.1) is 0 Å². The topological polar surface area (TPSA) is 57.6 Å². The monoisotopic (exact) mass is 247 g/mol. The maximum Gasteiger partial charge on any atom is 0.316 e. The molecular formula is C14H17NO3. The molecule has 2 rings (SSSR count). The average Bonchev–Trinajstić information content (AvgIpc) is 2.38. The van der Waals surface area contributed by atoms with Crippen molar-refractivity contribution < 1.29 is 14.7 Å². The van der Waals surface area contributed by atoms with E-state index in [2.05, 4.69) is 0 Å². The van der Waals surface area contributed by atoms with Crippen LogP contribution in [0.5, 0.6) is 0 Å². The summed E-state index contributed by atoms with van der Waals surface area (Å²) in [6.07, 6.45) is 2.16. The molecule has 0 saturated carbocycles. The predicted octanol–water partition coefficient (Wildman–Crippen LogP) is 2.08. The lowest BCUT2D eigenvalue weighted by molar-refractivity contribution is -0.146. The van der Waals surface area contributed by atoms with Gasteiger partial charge in [-0.05, 0) is 30.9 Å². The number of carboxylic acid groups (broad SMARTS) is 1. The lowest BCUT2D eigenvalue weighted by atomic mass is 9.98. The van der Waals surface area contributed by atoms with Crippen LogP contribution in [0.4, 0.5) is 5.69 Å². The van der Waals surface area contributed by atoms with Gasteiger partial charge in [0, 0.05) is 12.2 Å². The number of amides is 1. The third-order valence-corrected chi connectivity index (χ3v) is 3.38. The highest BCUT2D eigenvalue weighted by molar-refractivity contribution is 6.06. The quantitative estimate of drug-likeness (QED) is 0.832. The number of anilines is 1. The zero-order chi connectivity index (χ0) is 13.1. The Kier molecular flexibility index (Phi) is 3.65. The van der Waals surface area contributed by atoms with Crippen molar-refractivity contribution >= 4 is 17.6 Å². The van der Waals surface area contributed by atoms with Crippen LogP contribution in [0, 0.1) is 5.92 Å². The maximum atomic E-state index is 12.3. The Bertz CT molecular complexity index is 470. The second kappa shape index (κ2) is 5.21. The van der Waals surface area contributed by atoms with Crippen molar-refractivity contribution in [2.45, 2.75) is 26.2 Å². The first-order valence-electron chi connectivity index (χ1n) is 6.27. The molecule has 1 aliphatic rings. The Morgan fingerprint density at radius 2 is 2.11 bits per heavy atom. The molecule has 1 N–H and O–H groups in total. The lowest BCUT2D eigenvalue weighted by Gasteiger charge is -2.31. The first kappa shape index (κ1) is 12.6. The summed E-state index contributed by atoms with van der Waals surface area (Å²) >= 11 is 0. The van der Waals surface area contributed by atoms with E-state index in [1.807, 2.05) is 24.3 Å². The molecule has 0 aromatic heterocycles. The van der Waals surface area contributed by atoms with E-state index in [4.69, 9.17) is 5.11 Å². The van der Waals surface area contributed by atoms with Crippen LogP contribution in [0.25, 0.3) is 0 Å². The molecule has 0 bridgehead atoms. The van der Waals surface area contributed by atoms with E-state index in [1.165, 1.54) is 0 Å². The van der Waals surface area contributed by atoms with Crippen LogP contribution in [-0.4, -0.2) is 23.5 Å². The highest BCUT2D eigenvalue weighted by atomic mass is 16.4. The predicted molar refractivity (Wildman–Crippen MR) is 68.5 cm³/mol. The minimum Gasteiger partial charge on any atom is -0.481 e. The van der Waals surface area contributed by atoms with Crippen molar-refractivity contribution in [1.29, 1.82) is 0 Å². The largest absolute Gasteiger partial charge is 0.481 e. The van der Waals surface area contributed by atoms with Gasteiger partial charge in [0.15, 0.2) is 0 Å². The van der Waals surface area contributed by atoms with Crippen molar-refractivity contribution in [2.75, 3.05) is 11.4 Å². The number of para-hydroxylation sites is 1.